The fourth-order valence-corrected chi connectivity index (χ4v) is 6.70. The molecule has 0 radical (unpaired) electrons. The highest BCUT2D eigenvalue weighted by Crippen LogP contribution is 2.29. The van der Waals surface area contributed by atoms with E-state index in [-0.39, 0.29) is 16.7 Å². The lowest BCUT2D eigenvalue weighted by molar-refractivity contribution is -0.661. The fourth-order valence-electron chi connectivity index (χ4n) is 6.70. The number of aromatic nitrogens is 3. The summed E-state index contributed by atoms with van der Waals surface area (Å²) in [7, 11) is 5.32. The number of benzene rings is 3. The Morgan fingerprint density at radius 1 is 0.518 bits per heavy atom. The molecule has 0 bridgehead atoms. The first-order valence-electron chi connectivity index (χ1n) is 29.3. The normalized spacial score (nSPS) is 20.5. The summed E-state index contributed by atoms with van der Waals surface area (Å²) in [5, 5.41) is 0. The third kappa shape index (κ3) is 10.5. The molecule has 0 amide bonds. The minimum absolute atomic E-state index is 0.139. The molecule has 6 rings (SSSR count). The summed E-state index contributed by atoms with van der Waals surface area (Å²) in [6.45, 7) is -0.607. The van der Waals surface area contributed by atoms with Crippen LogP contribution in [0.15, 0.2) is 91.4 Å². The first-order chi connectivity index (χ1) is 35.0. The van der Waals surface area contributed by atoms with Crippen molar-refractivity contribution in [3.63, 3.8) is 0 Å². The van der Waals surface area contributed by atoms with Crippen LogP contribution < -0.4 is 13.7 Å². The summed E-state index contributed by atoms with van der Waals surface area (Å²) in [6, 6.07) is 20.5. The van der Waals surface area contributed by atoms with Gasteiger partial charge in [-0.2, -0.15) is 0 Å². The molecular formula is C53H70N3+3. The van der Waals surface area contributed by atoms with Crippen LogP contribution in [0.3, 0.4) is 0 Å². The van der Waals surface area contributed by atoms with Crippen molar-refractivity contribution in [2.24, 2.45) is 21.1 Å². The number of aryl methyl sites for hydroxylation is 13. The van der Waals surface area contributed by atoms with Gasteiger partial charge in [-0.1, -0.05) is 52.6 Å². The predicted octanol–water partition coefficient (Wildman–Crippen LogP) is 12.1. The van der Waals surface area contributed by atoms with Crippen LogP contribution in [-0.4, -0.2) is 0 Å². The Hall–Kier alpha value is -4.89. The Bertz CT molecular complexity index is 3030. The van der Waals surface area contributed by atoms with Gasteiger partial charge in [0, 0.05) is 81.7 Å². The Balaban J connectivity index is 0.000000252. The molecule has 3 aromatic carbocycles. The second-order valence-corrected chi connectivity index (χ2v) is 14.6. The van der Waals surface area contributed by atoms with Crippen molar-refractivity contribution < 1.29 is 43.9 Å². The number of hydrogen-bond donors (Lipinski definition) is 0. The van der Waals surface area contributed by atoms with Gasteiger partial charge in [-0.25, -0.2) is 13.7 Å². The molecule has 0 aliphatic carbocycles. The molecule has 3 aromatic heterocycles. The third-order valence-electron chi connectivity index (χ3n) is 9.91. The van der Waals surface area contributed by atoms with Crippen LogP contribution in [-0.2, 0) is 27.5 Å². The highest BCUT2D eigenvalue weighted by molar-refractivity contribution is 5.65. The molecule has 0 aliphatic rings. The van der Waals surface area contributed by atoms with E-state index in [1.165, 1.54) is 13.8 Å². The lowest BCUT2D eigenvalue weighted by Crippen LogP contribution is -2.31. The molecular weight excluding hydrogens is 679 g/mol. The van der Waals surface area contributed by atoms with Gasteiger partial charge in [-0.15, -0.1) is 0 Å². The van der Waals surface area contributed by atoms with E-state index in [0.717, 1.165) is 56.0 Å². The summed E-state index contributed by atoms with van der Waals surface area (Å²) in [5.41, 5.74) is 11.1. The molecule has 3 heteroatoms. The minimum atomic E-state index is -2.77. The fraction of sp³-hybridized carbons (Fsp3) is 0.377. The predicted molar refractivity (Wildman–Crippen MR) is 239 cm³/mol. The summed E-state index contributed by atoms with van der Waals surface area (Å²) >= 11 is 0. The summed E-state index contributed by atoms with van der Waals surface area (Å²) in [4.78, 5) is 0. The maximum Gasteiger partial charge on any atom is 0.212 e. The second kappa shape index (κ2) is 18.8. The van der Waals surface area contributed by atoms with E-state index in [4.69, 9.17) is 30.2 Å². The van der Waals surface area contributed by atoms with Crippen LogP contribution in [0.5, 0.6) is 0 Å². The van der Waals surface area contributed by atoms with Gasteiger partial charge in [0.15, 0.2) is 18.6 Å². The first-order valence-corrected chi connectivity index (χ1v) is 18.3. The zero-order valence-electron chi connectivity index (χ0n) is 56.5. The topological polar surface area (TPSA) is 11.6 Å². The molecule has 2 atom stereocenters. The van der Waals surface area contributed by atoms with Gasteiger partial charge in [0.25, 0.3) is 0 Å². The Morgan fingerprint density at radius 2 is 1.02 bits per heavy atom. The van der Waals surface area contributed by atoms with Crippen molar-refractivity contribution in [1.29, 1.82) is 0 Å². The molecule has 56 heavy (non-hydrogen) atoms. The number of hydrogen-bond acceptors (Lipinski definition) is 0. The molecule has 0 N–H and O–H groups in total. The number of pyridine rings is 3. The van der Waals surface area contributed by atoms with Gasteiger partial charge in [-0.3, -0.25) is 0 Å². The SMILES string of the molecule is [2H]C([2H])([2H])c1cc(C)c(-c2ccc(C([2H])(C)C([2H])([2H])[2H])c[n+]2C)cc1C.[2H]C([2H])([2H])c1ccc(-c2cc(C)c(C([2H])(C)C([2H])([2H])[2H])cc2C)[n+](C)c1.[2H]C([2H])([2H])c1ccc(-c2cc(C)c(C([2H])([2H])C([2H])([2H])[2H])cc2C)[n+](C)c1. The average Bonchev–Trinajstić information content (AvgIpc) is 3.26. The van der Waals surface area contributed by atoms with Crippen LogP contribution in [0, 0.1) is 62.1 Å². The molecule has 0 spiro atoms. The van der Waals surface area contributed by atoms with Crippen molar-refractivity contribution in [3.05, 3.63) is 158 Å². The molecule has 0 aliphatic heterocycles. The molecule has 0 saturated carbocycles. The molecule has 0 saturated heterocycles. The van der Waals surface area contributed by atoms with E-state index < -0.39 is 59.3 Å². The average molecular weight is 771 g/mol. The maximum atomic E-state index is 8.34. The second-order valence-electron chi connectivity index (χ2n) is 14.6. The van der Waals surface area contributed by atoms with Crippen molar-refractivity contribution in [2.75, 3.05) is 0 Å². The summed E-state index contributed by atoms with van der Waals surface area (Å²) in [6.07, 6.45) is 2.34. The molecule has 2 unspecified atom stereocenters. The third-order valence-corrected chi connectivity index (χ3v) is 9.91. The van der Waals surface area contributed by atoms with Crippen LogP contribution >= 0.6 is 0 Å². The lowest BCUT2D eigenvalue weighted by Gasteiger charge is -2.14. The Kier molecular flexibility index (Phi) is 7.45. The van der Waals surface area contributed by atoms with E-state index in [9.17, 15) is 0 Å². The highest BCUT2D eigenvalue weighted by atomic mass is 14.9. The molecule has 0 fully saturated rings. The van der Waals surface area contributed by atoms with Crippen LogP contribution in [0.4, 0.5) is 0 Å². The summed E-state index contributed by atoms with van der Waals surface area (Å²) < 4.78 is 174. The molecule has 3 nitrogen and oxygen atoms in total. The number of nitrogens with zero attached hydrogens (tertiary/aromatic N) is 3. The van der Waals surface area contributed by atoms with Crippen molar-refractivity contribution in [3.8, 4) is 33.8 Å². The molecule has 6 aromatic rings. The van der Waals surface area contributed by atoms with Gasteiger partial charge >= 0.3 is 0 Å². The van der Waals surface area contributed by atoms with E-state index in [2.05, 4.69) is 0 Å². The van der Waals surface area contributed by atoms with E-state index in [1.54, 1.807) is 142 Å². The van der Waals surface area contributed by atoms with E-state index in [0.29, 0.717) is 27.8 Å². The van der Waals surface area contributed by atoms with Gasteiger partial charge in [0.1, 0.15) is 21.1 Å². The lowest BCUT2D eigenvalue weighted by atomic mass is 9.92. The standard InChI is InChI=1S/2C18H24N.C17H22N/c1-12(2)16-7-8-18(19(6)11-16)17-10-14(4)13(3)9-15(17)5;1-12(2)16-9-15(5)17(10-14(16)4)18-8-7-13(3)11-19(18)6;1-6-15-9-14(4)16(10-13(15)3)17-8-7-12(2)11-18(17)5/h2*7-12H,1-6H3;7-11H,6H2,1-5H3/q3*+1/i2*1D3,3D3,12D;1D3,2D3,6D2. The van der Waals surface area contributed by atoms with Crippen molar-refractivity contribution in [1.82, 2.24) is 0 Å². The van der Waals surface area contributed by atoms with Crippen LogP contribution in [0.25, 0.3) is 33.8 Å². The van der Waals surface area contributed by atoms with Gasteiger partial charge in [-0.05, 0) is 167 Å². The van der Waals surface area contributed by atoms with Crippen LogP contribution in [0.1, 0.15) is 143 Å². The largest absolute Gasteiger partial charge is 0.212 e. The molecule has 294 valence electrons. The smallest absolute Gasteiger partial charge is 0.201 e. The quantitative estimate of drug-likeness (QED) is 0.150. The Labute approximate surface area is 371 Å². The van der Waals surface area contributed by atoms with E-state index in [1.807, 2.05) is 26.0 Å². The van der Waals surface area contributed by atoms with Crippen molar-refractivity contribution in [2.45, 2.75) is 115 Å². The van der Waals surface area contributed by atoms with Gasteiger partial charge in [0.2, 0.25) is 17.1 Å². The minimum Gasteiger partial charge on any atom is -0.201 e. The van der Waals surface area contributed by atoms with Gasteiger partial charge < -0.3 is 0 Å². The number of rotatable bonds is 6. The molecule has 3 heterocycles. The van der Waals surface area contributed by atoms with E-state index >= 15 is 0 Å². The van der Waals surface area contributed by atoms with Gasteiger partial charge in [0.05, 0.1) is 0 Å². The maximum absolute atomic E-state index is 8.34. The zero-order valence-corrected chi connectivity index (χ0v) is 34.5. The zero-order chi connectivity index (χ0) is 60.2. The monoisotopic (exact) mass is 771 g/mol. The van der Waals surface area contributed by atoms with Crippen LogP contribution in [0.2, 0.25) is 0 Å². The highest BCUT2D eigenvalue weighted by Gasteiger charge is 2.17. The summed E-state index contributed by atoms with van der Waals surface area (Å²) in [5.74, 6) is -3.41. The Morgan fingerprint density at radius 3 is 1.52 bits per heavy atom. The van der Waals surface area contributed by atoms with Crippen molar-refractivity contribution >= 4 is 0 Å². The first kappa shape index (κ1) is 22.2.